The van der Waals surface area contributed by atoms with Crippen LogP contribution < -0.4 is 0 Å². The van der Waals surface area contributed by atoms with Gasteiger partial charge in [-0.2, -0.15) is 0 Å². The van der Waals surface area contributed by atoms with Crippen LogP contribution in [0.1, 0.15) is 34.5 Å². The predicted octanol–water partition coefficient (Wildman–Crippen LogP) is 3.91. The first-order valence-corrected chi connectivity index (χ1v) is 10.2. The molecule has 30 heavy (non-hydrogen) atoms. The van der Waals surface area contributed by atoms with Gasteiger partial charge in [-0.15, -0.1) is 0 Å². The summed E-state index contributed by atoms with van der Waals surface area (Å²) in [5, 5.41) is 4.00. The summed E-state index contributed by atoms with van der Waals surface area (Å²) >= 11 is 0. The summed E-state index contributed by atoms with van der Waals surface area (Å²) in [6.45, 7) is 3.88. The van der Waals surface area contributed by atoms with E-state index in [1.54, 1.807) is 11.0 Å². The van der Waals surface area contributed by atoms with E-state index in [4.69, 9.17) is 4.52 Å². The van der Waals surface area contributed by atoms with Crippen molar-refractivity contribution in [3.63, 3.8) is 0 Å². The number of hydrogen-bond acceptors (Lipinski definition) is 4. The zero-order valence-electron chi connectivity index (χ0n) is 17.1. The highest BCUT2D eigenvalue weighted by Gasteiger charge is 2.26. The van der Waals surface area contributed by atoms with Gasteiger partial charge in [-0.1, -0.05) is 59.3 Å². The van der Waals surface area contributed by atoms with E-state index in [9.17, 15) is 9.59 Å². The number of aryl methyl sites for hydroxylation is 1. The number of rotatable bonds is 6. The molecule has 0 saturated carbocycles. The molecule has 4 rings (SSSR count). The van der Waals surface area contributed by atoms with Crippen LogP contribution in [0.2, 0.25) is 0 Å². The standard InChI is InChI=1S/C24H25N3O3/c1-18-8-7-11-20(14-18)22-15-21(25-30-22)24(29)27(16-19-9-3-2-4-10-19)17-23(28)26-12-5-6-13-26/h2-4,7-11,14-15H,5-6,12-13,16-17H2,1H3. The smallest absolute Gasteiger partial charge is 0.276 e. The summed E-state index contributed by atoms with van der Waals surface area (Å²) in [6.07, 6.45) is 2.03. The molecule has 1 aliphatic heterocycles. The summed E-state index contributed by atoms with van der Waals surface area (Å²) in [4.78, 5) is 29.4. The van der Waals surface area contributed by atoms with E-state index >= 15 is 0 Å². The Morgan fingerprint density at radius 1 is 1.03 bits per heavy atom. The van der Waals surface area contributed by atoms with Gasteiger partial charge in [0, 0.05) is 31.3 Å². The second kappa shape index (κ2) is 8.95. The molecule has 3 aromatic rings. The van der Waals surface area contributed by atoms with Crippen LogP contribution in [0.3, 0.4) is 0 Å². The number of aromatic nitrogens is 1. The van der Waals surface area contributed by atoms with Crippen molar-refractivity contribution in [1.82, 2.24) is 15.0 Å². The SMILES string of the molecule is Cc1cccc(-c2cc(C(=O)N(CC(=O)N3CCCC3)Cc3ccccc3)no2)c1. The maximum atomic E-state index is 13.2. The van der Waals surface area contributed by atoms with Crippen molar-refractivity contribution in [2.24, 2.45) is 0 Å². The Morgan fingerprint density at radius 3 is 2.53 bits per heavy atom. The molecule has 0 unspecified atom stereocenters. The Labute approximate surface area is 176 Å². The molecule has 1 aromatic heterocycles. The van der Waals surface area contributed by atoms with Crippen molar-refractivity contribution in [2.45, 2.75) is 26.3 Å². The first-order valence-electron chi connectivity index (χ1n) is 10.2. The van der Waals surface area contributed by atoms with Gasteiger partial charge < -0.3 is 14.3 Å². The van der Waals surface area contributed by atoms with Crippen LogP contribution in [-0.4, -0.2) is 46.4 Å². The van der Waals surface area contributed by atoms with Crippen molar-refractivity contribution >= 4 is 11.8 Å². The molecule has 2 heterocycles. The molecule has 2 aromatic carbocycles. The molecule has 0 N–H and O–H groups in total. The number of nitrogens with zero attached hydrogens (tertiary/aromatic N) is 3. The van der Waals surface area contributed by atoms with Crippen molar-refractivity contribution in [3.8, 4) is 11.3 Å². The van der Waals surface area contributed by atoms with Crippen molar-refractivity contribution in [2.75, 3.05) is 19.6 Å². The van der Waals surface area contributed by atoms with Gasteiger partial charge >= 0.3 is 0 Å². The van der Waals surface area contributed by atoms with Crippen molar-refractivity contribution in [3.05, 3.63) is 77.5 Å². The molecular weight excluding hydrogens is 378 g/mol. The van der Waals surface area contributed by atoms with Gasteiger partial charge in [0.25, 0.3) is 5.91 Å². The molecule has 2 amide bonds. The number of carbonyl (C=O) groups is 2. The molecule has 6 heteroatoms. The fraction of sp³-hybridized carbons (Fsp3) is 0.292. The molecule has 0 bridgehead atoms. The summed E-state index contributed by atoms with van der Waals surface area (Å²) in [7, 11) is 0. The lowest BCUT2D eigenvalue weighted by molar-refractivity contribution is -0.130. The van der Waals surface area contributed by atoms with Gasteiger partial charge in [0.2, 0.25) is 5.91 Å². The van der Waals surface area contributed by atoms with Crippen molar-refractivity contribution in [1.29, 1.82) is 0 Å². The van der Waals surface area contributed by atoms with Crippen LogP contribution in [0, 0.1) is 6.92 Å². The van der Waals surface area contributed by atoms with E-state index in [0.29, 0.717) is 12.3 Å². The second-order valence-corrected chi connectivity index (χ2v) is 7.68. The third-order valence-electron chi connectivity index (χ3n) is 5.32. The van der Waals surface area contributed by atoms with Crippen LogP contribution in [-0.2, 0) is 11.3 Å². The van der Waals surface area contributed by atoms with Crippen LogP contribution in [0.15, 0.2) is 65.2 Å². The Bertz CT molecular complexity index is 1020. The van der Waals surface area contributed by atoms with E-state index in [0.717, 1.165) is 42.6 Å². The lowest BCUT2D eigenvalue weighted by Crippen LogP contribution is -2.41. The van der Waals surface area contributed by atoms with E-state index in [2.05, 4.69) is 5.16 Å². The quantitative estimate of drug-likeness (QED) is 0.626. The monoisotopic (exact) mass is 403 g/mol. The van der Waals surface area contributed by atoms with E-state index in [1.165, 1.54) is 0 Å². The maximum absolute atomic E-state index is 13.2. The summed E-state index contributed by atoms with van der Waals surface area (Å²) in [6, 6.07) is 19.1. The molecule has 6 nitrogen and oxygen atoms in total. The van der Waals surface area contributed by atoms with Gasteiger partial charge in [-0.25, -0.2) is 0 Å². The number of likely N-dealkylation sites (tertiary alicyclic amines) is 1. The fourth-order valence-electron chi connectivity index (χ4n) is 3.71. The summed E-state index contributed by atoms with van der Waals surface area (Å²) in [5.41, 5.74) is 3.13. The highest BCUT2D eigenvalue weighted by molar-refractivity contribution is 5.95. The Morgan fingerprint density at radius 2 is 1.80 bits per heavy atom. The number of benzene rings is 2. The summed E-state index contributed by atoms with van der Waals surface area (Å²) in [5.74, 6) is 0.195. The Balaban J connectivity index is 1.56. The number of amides is 2. The zero-order valence-corrected chi connectivity index (χ0v) is 17.1. The third-order valence-corrected chi connectivity index (χ3v) is 5.32. The van der Waals surface area contributed by atoms with Crippen molar-refractivity contribution < 1.29 is 14.1 Å². The third kappa shape index (κ3) is 4.59. The van der Waals surface area contributed by atoms with Gasteiger partial charge in [0.1, 0.15) is 6.54 Å². The molecule has 1 saturated heterocycles. The zero-order chi connectivity index (χ0) is 20.9. The molecule has 0 atom stereocenters. The van der Waals surface area contributed by atoms with Gasteiger partial charge in [-0.05, 0) is 31.4 Å². The van der Waals surface area contributed by atoms with Gasteiger partial charge in [0.05, 0.1) is 0 Å². The normalized spacial score (nSPS) is 13.4. The molecular formula is C24H25N3O3. The van der Waals surface area contributed by atoms with Crippen LogP contribution in [0.4, 0.5) is 0 Å². The molecule has 1 fully saturated rings. The summed E-state index contributed by atoms with van der Waals surface area (Å²) < 4.78 is 5.44. The maximum Gasteiger partial charge on any atom is 0.276 e. The molecule has 1 aliphatic rings. The fourth-order valence-corrected chi connectivity index (χ4v) is 3.71. The largest absolute Gasteiger partial charge is 0.355 e. The minimum atomic E-state index is -0.311. The molecule has 0 radical (unpaired) electrons. The average Bonchev–Trinajstić information content (AvgIpc) is 3.46. The lowest BCUT2D eigenvalue weighted by atomic mass is 10.1. The Hall–Kier alpha value is -3.41. The topological polar surface area (TPSA) is 66.7 Å². The predicted molar refractivity (Wildman–Crippen MR) is 114 cm³/mol. The van der Waals surface area contributed by atoms with Gasteiger partial charge in [0.15, 0.2) is 11.5 Å². The van der Waals surface area contributed by atoms with Crippen LogP contribution >= 0.6 is 0 Å². The molecule has 0 aliphatic carbocycles. The van der Waals surface area contributed by atoms with E-state index < -0.39 is 0 Å². The second-order valence-electron chi connectivity index (χ2n) is 7.68. The van der Waals surface area contributed by atoms with Crippen LogP contribution in [0.25, 0.3) is 11.3 Å². The Kier molecular flexibility index (Phi) is 5.93. The number of hydrogen-bond donors (Lipinski definition) is 0. The minimum Gasteiger partial charge on any atom is -0.355 e. The van der Waals surface area contributed by atoms with E-state index in [-0.39, 0.29) is 24.1 Å². The highest BCUT2D eigenvalue weighted by Crippen LogP contribution is 2.22. The highest BCUT2D eigenvalue weighted by atomic mass is 16.5. The lowest BCUT2D eigenvalue weighted by Gasteiger charge is -2.24. The minimum absolute atomic E-state index is 0.0281. The van der Waals surface area contributed by atoms with Crippen LogP contribution in [0.5, 0.6) is 0 Å². The molecule has 0 spiro atoms. The number of carbonyl (C=O) groups excluding carboxylic acids is 2. The first-order chi connectivity index (χ1) is 14.6. The average molecular weight is 403 g/mol. The van der Waals surface area contributed by atoms with E-state index in [1.807, 2.05) is 66.4 Å². The molecule has 154 valence electrons. The van der Waals surface area contributed by atoms with Gasteiger partial charge in [-0.3, -0.25) is 9.59 Å². The first kappa shape index (κ1) is 19.9.